The summed E-state index contributed by atoms with van der Waals surface area (Å²) in [6, 6.07) is 5.71. The van der Waals surface area contributed by atoms with E-state index in [0.29, 0.717) is 0 Å². The van der Waals surface area contributed by atoms with Crippen LogP contribution in [0.2, 0.25) is 0 Å². The SMILES string of the molecule is Cl.O=C(Nc1ccc2ncsc2c1)C1CSCN1. The van der Waals surface area contributed by atoms with Gasteiger partial charge in [0.25, 0.3) is 0 Å². The summed E-state index contributed by atoms with van der Waals surface area (Å²) in [5.41, 5.74) is 3.62. The predicted octanol–water partition coefficient (Wildman–Crippen LogP) is 2.32. The fourth-order valence-electron chi connectivity index (χ4n) is 1.73. The van der Waals surface area contributed by atoms with E-state index >= 15 is 0 Å². The number of rotatable bonds is 2. The van der Waals surface area contributed by atoms with E-state index in [1.807, 2.05) is 23.7 Å². The van der Waals surface area contributed by atoms with Crippen LogP contribution in [0.15, 0.2) is 23.7 Å². The number of fused-ring (bicyclic) bond motifs is 1. The molecular formula is C11H12ClN3OS2. The zero-order valence-electron chi connectivity index (χ0n) is 9.38. The highest BCUT2D eigenvalue weighted by Gasteiger charge is 2.22. The molecule has 0 saturated carbocycles. The maximum atomic E-state index is 11.9. The fraction of sp³-hybridized carbons (Fsp3) is 0.273. The van der Waals surface area contributed by atoms with Crippen LogP contribution in [-0.4, -0.2) is 28.6 Å². The Labute approximate surface area is 119 Å². The Hall–Kier alpha value is -0.820. The number of halogens is 1. The van der Waals surface area contributed by atoms with Gasteiger partial charge in [0.2, 0.25) is 5.91 Å². The number of amides is 1. The Balaban J connectivity index is 0.00000120. The highest BCUT2D eigenvalue weighted by molar-refractivity contribution is 7.99. The summed E-state index contributed by atoms with van der Waals surface area (Å²) in [5, 5.41) is 6.08. The molecule has 1 fully saturated rings. The van der Waals surface area contributed by atoms with E-state index in [2.05, 4.69) is 15.6 Å². The molecule has 2 N–H and O–H groups in total. The maximum Gasteiger partial charge on any atom is 0.242 e. The van der Waals surface area contributed by atoms with Crippen molar-refractivity contribution < 1.29 is 4.79 Å². The Kier molecular flexibility index (Phi) is 4.45. The summed E-state index contributed by atoms with van der Waals surface area (Å²) in [4.78, 5) is 16.1. The first-order valence-corrected chi connectivity index (χ1v) is 7.31. The molecule has 7 heteroatoms. The van der Waals surface area contributed by atoms with Gasteiger partial charge in [-0.25, -0.2) is 4.98 Å². The van der Waals surface area contributed by atoms with Crippen molar-refractivity contribution in [2.45, 2.75) is 6.04 Å². The molecule has 3 rings (SSSR count). The summed E-state index contributed by atoms with van der Waals surface area (Å²) in [7, 11) is 0. The molecule has 2 heterocycles. The third kappa shape index (κ3) is 2.77. The van der Waals surface area contributed by atoms with Crippen LogP contribution >= 0.6 is 35.5 Å². The first kappa shape index (κ1) is 13.6. The van der Waals surface area contributed by atoms with Gasteiger partial charge >= 0.3 is 0 Å². The molecule has 1 unspecified atom stereocenters. The third-order valence-electron chi connectivity index (χ3n) is 2.63. The predicted molar refractivity (Wildman–Crippen MR) is 79.7 cm³/mol. The molecule has 1 saturated heterocycles. The first-order chi connectivity index (χ1) is 8.33. The van der Waals surface area contributed by atoms with Gasteiger partial charge in [-0.1, -0.05) is 0 Å². The van der Waals surface area contributed by atoms with Gasteiger partial charge in [0.1, 0.15) is 0 Å². The molecule has 1 atom stereocenters. The monoisotopic (exact) mass is 301 g/mol. The van der Waals surface area contributed by atoms with Crippen molar-refractivity contribution in [3.8, 4) is 0 Å². The molecule has 1 aromatic carbocycles. The average Bonchev–Trinajstić information content (AvgIpc) is 2.99. The van der Waals surface area contributed by atoms with Crippen molar-refractivity contribution in [2.75, 3.05) is 16.9 Å². The molecule has 1 amide bonds. The number of thiazole rings is 1. The smallest absolute Gasteiger partial charge is 0.242 e. The maximum absolute atomic E-state index is 11.9. The molecule has 1 aromatic heterocycles. The number of carbonyl (C=O) groups excluding carboxylic acids is 1. The summed E-state index contributed by atoms with van der Waals surface area (Å²) in [6.45, 7) is 0. The minimum absolute atomic E-state index is 0. The van der Waals surface area contributed by atoms with Crippen LogP contribution in [-0.2, 0) is 4.79 Å². The Morgan fingerprint density at radius 2 is 2.39 bits per heavy atom. The Morgan fingerprint density at radius 3 is 3.17 bits per heavy atom. The Bertz CT molecular complexity index is 554. The lowest BCUT2D eigenvalue weighted by molar-refractivity contribution is -0.117. The number of hydrogen-bond acceptors (Lipinski definition) is 5. The lowest BCUT2D eigenvalue weighted by Gasteiger charge is -2.10. The number of thioether (sulfide) groups is 1. The summed E-state index contributed by atoms with van der Waals surface area (Å²) in [6.07, 6.45) is 0. The van der Waals surface area contributed by atoms with Crippen LogP contribution in [0.5, 0.6) is 0 Å². The molecule has 1 aliphatic rings. The molecule has 96 valence electrons. The van der Waals surface area contributed by atoms with Crippen molar-refractivity contribution in [3.63, 3.8) is 0 Å². The lowest BCUT2D eigenvalue weighted by atomic mass is 10.2. The van der Waals surface area contributed by atoms with E-state index < -0.39 is 0 Å². The minimum Gasteiger partial charge on any atom is -0.325 e. The molecule has 18 heavy (non-hydrogen) atoms. The number of benzene rings is 1. The number of hydrogen-bond donors (Lipinski definition) is 2. The van der Waals surface area contributed by atoms with E-state index in [-0.39, 0.29) is 24.4 Å². The van der Waals surface area contributed by atoms with E-state index in [1.54, 1.807) is 23.1 Å². The number of nitrogens with zero attached hydrogens (tertiary/aromatic N) is 1. The third-order valence-corrected chi connectivity index (χ3v) is 4.36. The zero-order chi connectivity index (χ0) is 11.7. The van der Waals surface area contributed by atoms with Gasteiger partial charge in [-0.05, 0) is 18.2 Å². The second-order valence-electron chi connectivity index (χ2n) is 3.80. The minimum atomic E-state index is -0.0721. The van der Waals surface area contributed by atoms with Crippen LogP contribution in [0.25, 0.3) is 10.2 Å². The molecular weight excluding hydrogens is 290 g/mol. The van der Waals surface area contributed by atoms with Gasteiger partial charge in [-0.3, -0.25) is 10.1 Å². The van der Waals surface area contributed by atoms with E-state index in [9.17, 15) is 4.79 Å². The van der Waals surface area contributed by atoms with E-state index in [1.165, 1.54) is 0 Å². The van der Waals surface area contributed by atoms with Crippen molar-refractivity contribution in [1.29, 1.82) is 0 Å². The van der Waals surface area contributed by atoms with Crippen LogP contribution in [0.1, 0.15) is 0 Å². The summed E-state index contributed by atoms with van der Waals surface area (Å²) >= 11 is 3.32. The zero-order valence-corrected chi connectivity index (χ0v) is 11.8. The highest BCUT2D eigenvalue weighted by atomic mass is 35.5. The van der Waals surface area contributed by atoms with Gasteiger partial charge < -0.3 is 5.32 Å². The molecule has 1 aliphatic heterocycles. The standard InChI is InChI=1S/C11H11N3OS2.ClH/c15-11(9-4-16-5-12-9)14-7-1-2-8-10(3-7)17-6-13-8;/h1-3,6,9,12H,4-5H2,(H,14,15);1H. The summed E-state index contributed by atoms with van der Waals surface area (Å²) < 4.78 is 1.09. The molecule has 2 aromatic rings. The second kappa shape index (κ2) is 5.88. The van der Waals surface area contributed by atoms with Gasteiger partial charge in [0.15, 0.2) is 0 Å². The number of nitrogens with one attached hydrogen (secondary N) is 2. The average molecular weight is 302 g/mol. The van der Waals surface area contributed by atoms with Gasteiger partial charge in [-0.15, -0.1) is 35.5 Å². The topological polar surface area (TPSA) is 54.0 Å². The molecule has 0 radical (unpaired) electrons. The lowest BCUT2D eigenvalue weighted by Crippen LogP contribution is -2.37. The van der Waals surface area contributed by atoms with Crippen molar-refractivity contribution >= 4 is 57.3 Å². The van der Waals surface area contributed by atoms with Crippen LogP contribution in [0, 0.1) is 0 Å². The number of aromatic nitrogens is 1. The second-order valence-corrected chi connectivity index (χ2v) is 5.71. The molecule has 4 nitrogen and oxygen atoms in total. The fourth-order valence-corrected chi connectivity index (χ4v) is 3.38. The van der Waals surface area contributed by atoms with Crippen LogP contribution in [0.4, 0.5) is 5.69 Å². The molecule has 0 spiro atoms. The van der Waals surface area contributed by atoms with Crippen molar-refractivity contribution in [1.82, 2.24) is 10.3 Å². The number of anilines is 1. The molecule has 0 bridgehead atoms. The quantitative estimate of drug-likeness (QED) is 0.894. The van der Waals surface area contributed by atoms with E-state index in [4.69, 9.17) is 0 Å². The van der Waals surface area contributed by atoms with Crippen LogP contribution in [0.3, 0.4) is 0 Å². The van der Waals surface area contributed by atoms with E-state index in [0.717, 1.165) is 27.5 Å². The first-order valence-electron chi connectivity index (χ1n) is 5.28. The van der Waals surface area contributed by atoms with Gasteiger partial charge in [0, 0.05) is 17.3 Å². The van der Waals surface area contributed by atoms with Crippen molar-refractivity contribution in [3.05, 3.63) is 23.7 Å². The van der Waals surface area contributed by atoms with Gasteiger partial charge in [0.05, 0.1) is 21.8 Å². The summed E-state index contributed by atoms with van der Waals surface area (Å²) in [5.74, 6) is 1.74. The van der Waals surface area contributed by atoms with Crippen molar-refractivity contribution in [2.24, 2.45) is 0 Å². The van der Waals surface area contributed by atoms with Crippen LogP contribution < -0.4 is 10.6 Å². The Morgan fingerprint density at radius 1 is 1.50 bits per heavy atom. The highest BCUT2D eigenvalue weighted by Crippen LogP contribution is 2.22. The normalized spacial score (nSPS) is 18.6. The largest absolute Gasteiger partial charge is 0.325 e. The molecule has 0 aliphatic carbocycles. The number of carbonyl (C=O) groups is 1. The van der Waals surface area contributed by atoms with Gasteiger partial charge in [-0.2, -0.15) is 0 Å².